The smallest absolute Gasteiger partial charge is 0.138 e. The molecule has 0 amide bonds. The van der Waals surface area contributed by atoms with Crippen molar-refractivity contribution in [1.29, 1.82) is 0 Å². The predicted molar refractivity (Wildman–Crippen MR) is 70.6 cm³/mol. The highest BCUT2D eigenvalue weighted by Crippen LogP contribution is 2.20. The quantitative estimate of drug-likeness (QED) is 0.889. The van der Waals surface area contributed by atoms with E-state index in [1.807, 2.05) is 19.9 Å². The number of aromatic nitrogens is 1. The second-order valence-electron chi connectivity index (χ2n) is 4.85. The van der Waals surface area contributed by atoms with Crippen LogP contribution in [0.2, 0.25) is 0 Å². The number of piperidine rings is 1. The molecule has 1 aliphatic heterocycles. The summed E-state index contributed by atoms with van der Waals surface area (Å²) in [6.45, 7) is 7.54. The first-order valence-corrected chi connectivity index (χ1v) is 6.68. The van der Waals surface area contributed by atoms with Gasteiger partial charge in [0.15, 0.2) is 0 Å². The summed E-state index contributed by atoms with van der Waals surface area (Å²) in [4.78, 5) is 6.73. The molecule has 1 aromatic heterocycles. The molecule has 0 atom stereocenters. The number of aryl methyl sites for hydroxylation is 1. The van der Waals surface area contributed by atoms with Gasteiger partial charge in [-0.2, -0.15) is 0 Å². The number of hydrogen-bond donors (Lipinski definition) is 1. The number of rotatable bonds is 4. The second-order valence-corrected chi connectivity index (χ2v) is 4.85. The van der Waals surface area contributed by atoms with Gasteiger partial charge in [-0.05, 0) is 38.8 Å². The van der Waals surface area contributed by atoms with Crippen LogP contribution in [0.15, 0.2) is 12.1 Å². The molecule has 0 aliphatic carbocycles. The highest BCUT2D eigenvalue weighted by Gasteiger charge is 2.20. The molecule has 1 aliphatic rings. The van der Waals surface area contributed by atoms with E-state index in [2.05, 4.69) is 9.88 Å². The van der Waals surface area contributed by atoms with Crippen LogP contribution in [0.1, 0.15) is 31.2 Å². The van der Waals surface area contributed by atoms with Crippen LogP contribution in [0.5, 0.6) is 5.75 Å². The minimum Gasteiger partial charge on any atom is -0.506 e. The fourth-order valence-electron chi connectivity index (χ4n) is 2.40. The van der Waals surface area contributed by atoms with Crippen LogP contribution in [0.4, 0.5) is 0 Å². The van der Waals surface area contributed by atoms with E-state index < -0.39 is 0 Å². The van der Waals surface area contributed by atoms with Crippen molar-refractivity contribution in [3.8, 4) is 5.75 Å². The lowest BCUT2D eigenvalue weighted by atomic mass is 10.1. The van der Waals surface area contributed by atoms with Crippen molar-refractivity contribution < 1.29 is 9.84 Å². The van der Waals surface area contributed by atoms with Gasteiger partial charge in [0.2, 0.25) is 0 Å². The van der Waals surface area contributed by atoms with E-state index in [0.717, 1.165) is 50.5 Å². The SMILES string of the molecule is CCOC1CCN(Cc2nc(C)ccc2O)CC1. The molecule has 0 unspecified atom stereocenters. The van der Waals surface area contributed by atoms with Crippen LogP contribution in [-0.4, -0.2) is 40.8 Å². The van der Waals surface area contributed by atoms with E-state index in [-0.39, 0.29) is 0 Å². The molecule has 100 valence electrons. The van der Waals surface area contributed by atoms with Crippen LogP contribution < -0.4 is 0 Å². The van der Waals surface area contributed by atoms with Crippen molar-refractivity contribution in [3.05, 3.63) is 23.5 Å². The van der Waals surface area contributed by atoms with Gasteiger partial charge in [-0.15, -0.1) is 0 Å². The molecule has 0 aromatic carbocycles. The standard InChI is InChI=1S/C14H22N2O2/c1-3-18-12-6-8-16(9-7-12)10-13-14(17)5-4-11(2)15-13/h4-5,12,17H,3,6-10H2,1-2H3. The monoisotopic (exact) mass is 250 g/mol. The summed E-state index contributed by atoms with van der Waals surface area (Å²) in [6.07, 6.45) is 2.55. The number of aromatic hydroxyl groups is 1. The van der Waals surface area contributed by atoms with Gasteiger partial charge in [0, 0.05) is 31.9 Å². The zero-order valence-corrected chi connectivity index (χ0v) is 11.2. The van der Waals surface area contributed by atoms with Gasteiger partial charge in [-0.25, -0.2) is 0 Å². The summed E-state index contributed by atoms with van der Waals surface area (Å²) < 4.78 is 5.63. The molecule has 4 nitrogen and oxygen atoms in total. The number of hydrogen-bond acceptors (Lipinski definition) is 4. The van der Waals surface area contributed by atoms with Crippen molar-refractivity contribution in [2.45, 2.75) is 39.3 Å². The van der Waals surface area contributed by atoms with Crippen molar-refractivity contribution in [2.24, 2.45) is 0 Å². The maximum absolute atomic E-state index is 9.79. The largest absolute Gasteiger partial charge is 0.506 e. The maximum atomic E-state index is 9.79. The summed E-state index contributed by atoms with van der Waals surface area (Å²) in [5.41, 5.74) is 1.73. The highest BCUT2D eigenvalue weighted by atomic mass is 16.5. The molecular weight excluding hydrogens is 228 g/mol. The third-order valence-corrected chi connectivity index (χ3v) is 3.40. The predicted octanol–water partition coefficient (Wildman–Crippen LogP) is 2.10. The Balaban J connectivity index is 1.89. The molecule has 0 saturated carbocycles. The van der Waals surface area contributed by atoms with Crippen molar-refractivity contribution in [1.82, 2.24) is 9.88 Å². The molecule has 18 heavy (non-hydrogen) atoms. The van der Waals surface area contributed by atoms with Crippen LogP contribution in [0.3, 0.4) is 0 Å². The Hall–Kier alpha value is -1.13. The Bertz CT molecular complexity index is 387. The molecule has 1 fully saturated rings. The van der Waals surface area contributed by atoms with Gasteiger partial charge in [-0.3, -0.25) is 9.88 Å². The molecule has 2 rings (SSSR count). The van der Waals surface area contributed by atoms with Crippen LogP contribution in [0, 0.1) is 6.92 Å². The van der Waals surface area contributed by atoms with E-state index in [0.29, 0.717) is 11.9 Å². The van der Waals surface area contributed by atoms with E-state index in [1.165, 1.54) is 0 Å². The molecule has 4 heteroatoms. The zero-order chi connectivity index (χ0) is 13.0. The van der Waals surface area contributed by atoms with E-state index >= 15 is 0 Å². The number of nitrogens with zero attached hydrogens (tertiary/aromatic N) is 2. The van der Waals surface area contributed by atoms with Gasteiger partial charge in [-0.1, -0.05) is 0 Å². The molecule has 2 heterocycles. The van der Waals surface area contributed by atoms with E-state index in [1.54, 1.807) is 6.07 Å². The Labute approximate surface area is 109 Å². The summed E-state index contributed by atoms with van der Waals surface area (Å²) in [6, 6.07) is 3.56. The molecular formula is C14H22N2O2. The first kappa shape index (κ1) is 13.3. The highest BCUT2D eigenvalue weighted by molar-refractivity contribution is 5.27. The number of pyridine rings is 1. The first-order valence-electron chi connectivity index (χ1n) is 6.68. The fourth-order valence-corrected chi connectivity index (χ4v) is 2.40. The molecule has 0 spiro atoms. The summed E-state index contributed by atoms with van der Waals surface area (Å²) >= 11 is 0. The first-order chi connectivity index (χ1) is 8.69. The normalized spacial score (nSPS) is 18.1. The lowest BCUT2D eigenvalue weighted by molar-refractivity contribution is 0.0121. The van der Waals surface area contributed by atoms with Gasteiger partial charge in [0.25, 0.3) is 0 Å². The second kappa shape index (κ2) is 6.16. The van der Waals surface area contributed by atoms with Crippen molar-refractivity contribution in [3.63, 3.8) is 0 Å². The molecule has 0 radical (unpaired) electrons. The molecule has 1 N–H and O–H groups in total. The van der Waals surface area contributed by atoms with Crippen molar-refractivity contribution >= 4 is 0 Å². The topological polar surface area (TPSA) is 45.6 Å². The lowest BCUT2D eigenvalue weighted by Gasteiger charge is -2.31. The van der Waals surface area contributed by atoms with Crippen LogP contribution in [-0.2, 0) is 11.3 Å². The average molecular weight is 250 g/mol. The van der Waals surface area contributed by atoms with Gasteiger partial charge in [0.05, 0.1) is 11.8 Å². The zero-order valence-electron chi connectivity index (χ0n) is 11.2. The fraction of sp³-hybridized carbons (Fsp3) is 0.643. The van der Waals surface area contributed by atoms with Crippen molar-refractivity contribution in [2.75, 3.05) is 19.7 Å². The van der Waals surface area contributed by atoms with Gasteiger partial charge < -0.3 is 9.84 Å². The molecule has 0 bridgehead atoms. The maximum Gasteiger partial charge on any atom is 0.138 e. The minimum atomic E-state index is 0.299. The third-order valence-electron chi connectivity index (χ3n) is 3.40. The summed E-state index contributed by atoms with van der Waals surface area (Å²) in [7, 11) is 0. The third kappa shape index (κ3) is 3.43. The van der Waals surface area contributed by atoms with Crippen LogP contribution >= 0.6 is 0 Å². The Morgan fingerprint density at radius 2 is 2.11 bits per heavy atom. The molecule has 1 aromatic rings. The minimum absolute atomic E-state index is 0.299. The number of ether oxygens (including phenoxy) is 1. The Morgan fingerprint density at radius 3 is 2.78 bits per heavy atom. The summed E-state index contributed by atoms with van der Waals surface area (Å²) in [5.74, 6) is 0.299. The average Bonchev–Trinajstić information content (AvgIpc) is 2.37. The Kier molecular flexibility index (Phi) is 4.55. The van der Waals surface area contributed by atoms with E-state index in [4.69, 9.17) is 4.74 Å². The van der Waals surface area contributed by atoms with Crippen LogP contribution in [0.25, 0.3) is 0 Å². The Morgan fingerprint density at radius 1 is 1.39 bits per heavy atom. The number of likely N-dealkylation sites (tertiary alicyclic amines) is 1. The summed E-state index contributed by atoms with van der Waals surface area (Å²) in [5, 5.41) is 9.79. The molecule has 1 saturated heterocycles. The van der Waals surface area contributed by atoms with Gasteiger partial charge >= 0.3 is 0 Å². The lowest BCUT2D eigenvalue weighted by Crippen LogP contribution is -2.36. The van der Waals surface area contributed by atoms with E-state index in [9.17, 15) is 5.11 Å². The van der Waals surface area contributed by atoms with Gasteiger partial charge in [0.1, 0.15) is 5.75 Å².